The maximum atomic E-state index is 5.13. The number of fused-ring (bicyclic) bond motifs is 14. The summed E-state index contributed by atoms with van der Waals surface area (Å²) in [5, 5.41) is 2.21. The molecule has 0 bridgehead atoms. The lowest BCUT2D eigenvalue weighted by molar-refractivity contribution is 1.16. The van der Waals surface area contributed by atoms with E-state index in [1.54, 1.807) is 0 Å². The number of benzene rings is 2. The van der Waals surface area contributed by atoms with E-state index in [1.165, 1.54) is 39.1 Å². The van der Waals surface area contributed by atoms with Crippen molar-refractivity contribution in [2.75, 3.05) is 0 Å². The Labute approximate surface area is 177 Å². The van der Waals surface area contributed by atoms with E-state index in [9.17, 15) is 0 Å². The minimum atomic E-state index is 0.852. The summed E-state index contributed by atoms with van der Waals surface area (Å²) in [6, 6.07) is 21.6. The molecule has 0 radical (unpaired) electrons. The summed E-state index contributed by atoms with van der Waals surface area (Å²) >= 11 is 0. The molecule has 0 atom stereocenters. The summed E-state index contributed by atoms with van der Waals surface area (Å²) in [6.07, 6.45) is 5.57. The van der Waals surface area contributed by atoms with Gasteiger partial charge in [0, 0.05) is 35.2 Å². The zero-order valence-corrected chi connectivity index (χ0v) is 16.6. The molecule has 4 heteroatoms. The minimum absolute atomic E-state index is 0.852. The maximum Gasteiger partial charge on any atom is 0.165 e. The molecular weight excluding hydrogens is 380 g/mol. The second-order valence-electron chi connectivity index (χ2n) is 8.48. The van der Waals surface area contributed by atoms with Crippen molar-refractivity contribution >= 4 is 27.6 Å². The van der Waals surface area contributed by atoms with Crippen LogP contribution in [0, 0.1) is 0 Å². The molecule has 4 aromatic heterocycles. The molecule has 0 amide bonds. The summed E-state index contributed by atoms with van der Waals surface area (Å²) in [4.78, 5) is 14.7. The van der Waals surface area contributed by atoms with Crippen molar-refractivity contribution < 1.29 is 0 Å². The predicted octanol–water partition coefficient (Wildman–Crippen LogP) is 5.57. The fourth-order valence-electron chi connectivity index (χ4n) is 5.66. The summed E-state index contributed by atoms with van der Waals surface area (Å²) in [7, 11) is 0. The molecule has 0 aliphatic heterocycles. The molecule has 4 nitrogen and oxygen atoms in total. The van der Waals surface area contributed by atoms with Crippen LogP contribution in [-0.4, -0.2) is 19.4 Å². The van der Waals surface area contributed by atoms with E-state index >= 15 is 0 Å². The van der Waals surface area contributed by atoms with Crippen LogP contribution in [0.3, 0.4) is 0 Å². The Bertz CT molecular complexity index is 1740. The van der Waals surface area contributed by atoms with Gasteiger partial charge in [-0.15, -0.1) is 0 Å². The maximum absolute atomic E-state index is 5.13. The number of pyridine rings is 3. The third kappa shape index (κ3) is 1.84. The fraction of sp³-hybridized carbons (Fsp3) is 0.0741. The van der Waals surface area contributed by atoms with Gasteiger partial charge in [0.25, 0.3) is 0 Å². The zero-order chi connectivity index (χ0) is 20.1. The van der Waals surface area contributed by atoms with E-state index in [0.29, 0.717) is 0 Å². The first kappa shape index (κ1) is 15.7. The van der Waals surface area contributed by atoms with Crippen LogP contribution in [0.1, 0.15) is 22.4 Å². The highest BCUT2D eigenvalue weighted by Gasteiger charge is 2.33. The normalized spacial score (nSPS) is 13.5. The van der Waals surface area contributed by atoms with Gasteiger partial charge in [-0.2, -0.15) is 0 Å². The third-order valence-corrected chi connectivity index (χ3v) is 6.90. The Morgan fingerprint density at radius 1 is 0.645 bits per heavy atom. The van der Waals surface area contributed by atoms with Crippen LogP contribution >= 0.6 is 0 Å². The average molecular weight is 396 g/mol. The molecule has 0 saturated carbocycles. The molecule has 0 N–H and O–H groups in total. The number of hydrogen-bond donors (Lipinski definition) is 0. The van der Waals surface area contributed by atoms with Gasteiger partial charge in [0.2, 0.25) is 0 Å². The Morgan fingerprint density at radius 2 is 1.45 bits per heavy atom. The molecule has 0 saturated heterocycles. The van der Waals surface area contributed by atoms with Crippen LogP contribution in [-0.2, 0) is 12.8 Å². The van der Waals surface area contributed by atoms with Gasteiger partial charge in [-0.1, -0.05) is 42.5 Å². The van der Waals surface area contributed by atoms with E-state index in [1.807, 2.05) is 24.5 Å². The highest BCUT2D eigenvalue weighted by Crippen LogP contribution is 2.49. The van der Waals surface area contributed by atoms with Crippen molar-refractivity contribution in [1.29, 1.82) is 0 Å². The highest BCUT2D eigenvalue weighted by molar-refractivity contribution is 6.10. The molecule has 4 heterocycles. The fourth-order valence-corrected chi connectivity index (χ4v) is 5.66. The van der Waals surface area contributed by atoms with Crippen molar-refractivity contribution in [3.8, 4) is 22.4 Å². The van der Waals surface area contributed by atoms with E-state index in [2.05, 4.69) is 52.9 Å². The van der Waals surface area contributed by atoms with Gasteiger partial charge < -0.3 is 0 Å². The molecule has 0 fully saturated rings. The highest BCUT2D eigenvalue weighted by atomic mass is 15.1. The lowest BCUT2D eigenvalue weighted by atomic mass is 9.96. The number of imidazole rings is 1. The Balaban J connectivity index is 1.59. The first-order valence-electron chi connectivity index (χ1n) is 10.6. The zero-order valence-electron chi connectivity index (χ0n) is 16.6. The van der Waals surface area contributed by atoms with Gasteiger partial charge in [0.1, 0.15) is 11.2 Å². The van der Waals surface area contributed by atoms with Crippen molar-refractivity contribution in [3.63, 3.8) is 0 Å². The quantitative estimate of drug-likeness (QED) is 0.315. The standard InChI is InChI=1S/C27H16N4/c1-2-6-18-15(5-1)13-16-9-10-17-14-21-25(23(17)22(16)18)31-26-20(8-4-12-29-26)19-7-3-11-28-24(19)27(31)30-21/h1-12H,13-14H2. The van der Waals surface area contributed by atoms with Crippen molar-refractivity contribution in [1.82, 2.24) is 19.4 Å². The number of rotatable bonds is 0. The van der Waals surface area contributed by atoms with Gasteiger partial charge in [-0.3, -0.25) is 9.38 Å². The summed E-state index contributed by atoms with van der Waals surface area (Å²) < 4.78 is 2.26. The molecule has 31 heavy (non-hydrogen) atoms. The molecular formula is C27H16N4. The lowest BCUT2D eigenvalue weighted by Gasteiger charge is -2.13. The second kappa shape index (κ2) is 5.35. The van der Waals surface area contributed by atoms with Gasteiger partial charge >= 0.3 is 0 Å². The van der Waals surface area contributed by atoms with Crippen LogP contribution in [0.15, 0.2) is 73.1 Å². The summed E-state index contributed by atoms with van der Waals surface area (Å²) in [5.41, 5.74) is 13.3. The van der Waals surface area contributed by atoms with Crippen molar-refractivity contribution in [3.05, 3.63) is 95.4 Å². The van der Waals surface area contributed by atoms with Gasteiger partial charge in [-0.25, -0.2) is 9.97 Å². The largest absolute Gasteiger partial charge is 0.274 e. The first-order valence-corrected chi connectivity index (χ1v) is 10.6. The number of nitrogens with zero attached hydrogens (tertiary/aromatic N) is 4. The van der Waals surface area contributed by atoms with Crippen LogP contribution < -0.4 is 0 Å². The topological polar surface area (TPSA) is 43.1 Å². The van der Waals surface area contributed by atoms with Crippen LogP contribution in [0.2, 0.25) is 0 Å². The molecule has 2 aromatic carbocycles. The third-order valence-electron chi connectivity index (χ3n) is 6.90. The molecule has 0 unspecified atom stereocenters. The molecule has 2 aliphatic carbocycles. The van der Waals surface area contributed by atoms with Gasteiger partial charge in [0.15, 0.2) is 5.65 Å². The number of aromatic nitrogens is 4. The van der Waals surface area contributed by atoms with Gasteiger partial charge in [0.05, 0.1) is 11.4 Å². The first-order chi connectivity index (χ1) is 15.4. The van der Waals surface area contributed by atoms with Crippen LogP contribution in [0.5, 0.6) is 0 Å². The Kier molecular flexibility index (Phi) is 2.72. The summed E-state index contributed by atoms with van der Waals surface area (Å²) in [6.45, 7) is 0. The Morgan fingerprint density at radius 3 is 2.39 bits per heavy atom. The summed E-state index contributed by atoms with van der Waals surface area (Å²) in [5.74, 6) is 0. The van der Waals surface area contributed by atoms with E-state index in [4.69, 9.17) is 15.0 Å². The predicted molar refractivity (Wildman–Crippen MR) is 122 cm³/mol. The molecule has 8 rings (SSSR count). The average Bonchev–Trinajstić information content (AvgIpc) is 3.48. The monoisotopic (exact) mass is 396 g/mol. The molecule has 0 spiro atoms. The van der Waals surface area contributed by atoms with Crippen LogP contribution in [0.25, 0.3) is 50.0 Å². The van der Waals surface area contributed by atoms with Crippen molar-refractivity contribution in [2.24, 2.45) is 0 Å². The second-order valence-corrected chi connectivity index (χ2v) is 8.48. The van der Waals surface area contributed by atoms with E-state index < -0.39 is 0 Å². The Hall–Kier alpha value is -4.05. The SMILES string of the molecule is c1ccc2c(c1)Cc1ccc3c(c1-2)-c1c(nc2c4ncccc4c4cccnc4n12)C3. The minimum Gasteiger partial charge on any atom is -0.274 e. The van der Waals surface area contributed by atoms with Crippen molar-refractivity contribution in [2.45, 2.75) is 12.8 Å². The van der Waals surface area contributed by atoms with Crippen LogP contribution in [0.4, 0.5) is 0 Å². The smallest absolute Gasteiger partial charge is 0.165 e. The van der Waals surface area contributed by atoms with E-state index in [-0.39, 0.29) is 0 Å². The molecule has 144 valence electrons. The number of hydrogen-bond acceptors (Lipinski definition) is 3. The lowest BCUT2D eigenvalue weighted by Crippen LogP contribution is -1.98. The molecule has 2 aliphatic rings. The van der Waals surface area contributed by atoms with Gasteiger partial charge in [-0.05, 0) is 52.4 Å². The van der Waals surface area contributed by atoms with E-state index in [0.717, 1.165) is 46.1 Å². The molecule has 6 aromatic rings.